The summed E-state index contributed by atoms with van der Waals surface area (Å²) in [6.45, 7) is 3.09. The molecule has 0 fully saturated rings. The number of hydrogen-bond acceptors (Lipinski definition) is 9. The highest BCUT2D eigenvalue weighted by Gasteiger charge is 2.22. The van der Waals surface area contributed by atoms with E-state index in [1.165, 1.54) is 24.4 Å². The Kier molecular flexibility index (Phi) is 8.07. The number of Topliss-reactive ketones (excluding diaryl/α,β-unsaturated/α-hetero) is 1. The third-order valence-corrected chi connectivity index (χ3v) is 6.42. The first-order chi connectivity index (χ1) is 20.6. The summed E-state index contributed by atoms with van der Waals surface area (Å²) in [7, 11) is 0. The Morgan fingerprint density at radius 2 is 1.86 bits per heavy atom. The van der Waals surface area contributed by atoms with Gasteiger partial charge in [-0.15, -0.1) is 0 Å². The molecule has 0 radical (unpaired) electrons. The molecular weight excluding hydrogens is 571 g/mol. The number of halogens is 3. The summed E-state index contributed by atoms with van der Waals surface area (Å²) >= 11 is 0. The zero-order chi connectivity index (χ0) is 30.8. The number of fused-ring (bicyclic) bond motifs is 1. The average molecular weight is 596 g/mol. The molecule has 0 spiro atoms. The van der Waals surface area contributed by atoms with Crippen molar-refractivity contribution in [3.63, 3.8) is 0 Å². The predicted molar refractivity (Wildman–Crippen MR) is 148 cm³/mol. The van der Waals surface area contributed by atoms with Crippen LogP contribution >= 0.6 is 0 Å². The molecule has 0 saturated heterocycles. The lowest BCUT2D eigenvalue weighted by Crippen LogP contribution is -2.43. The highest BCUT2D eigenvalue weighted by atomic mass is 19.2. The summed E-state index contributed by atoms with van der Waals surface area (Å²) < 4.78 is 49.7. The van der Waals surface area contributed by atoms with Crippen LogP contribution in [0.25, 0.3) is 16.7 Å². The van der Waals surface area contributed by atoms with Crippen LogP contribution in [0.5, 0.6) is 11.5 Å². The second kappa shape index (κ2) is 11.9. The van der Waals surface area contributed by atoms with Gasteiger partial charge in [-0.3, -0.25) is 14.7 Å². The van der Waals surface area contributed by atoms with E-state index in [0.29, 0.717) is 27.5 Å². The minimum Gasteiger partial charge on any atom is -0.453 e. The van der Waals surface area contributed by atoms with E-state index >= 15 is 4.39 Å². The largest absolute Gasteiger partial charge is 0.453 e. The van der Waals surface area contributed by atoms with Gasteiger partial charge in [0.1, 0.15) is 11.1 Å². The number of nitrogens with one attached hydrogen (secondary N) is 2. The maximum Gasteiger partial charge on any atom is 0.352 e. The van der Waals surface area contributed by atoms with Crippen LogP contribution in [0.2, 0.25) is 0 Å². The van der Waals surface area contributed by atoms with E-state index in [2.05, 4.69) is 25.6 Å². The first-order valence-electron chi connectivity index (χ1n) is 13.0. The van der Waals surface area contributed by atoms with Gasteiger partial charge in [-0.05, 0) is 43.7 Å². The minimum absolute atomic E-state index is 0.0290. The zero-order valence-electron chi connectivity index (χ0n) is 22.8. The topological polar surface area (TPSA) is 157 Å². The molecular formula is C28H24F3N7O5. The van der Waals surface area contributed by atoms with Crippen LogP contribution in [0.3, 0.4) is 0 Å². The van der Waals surface area contributed by atoms with E-state index in [1.54, 1.807) is 13.8 Å². The van der Waals surface area contributed by atoms with Crippen LogP contribution in [0, 0.1) is 17.5 Å². The number of aromatic nitrogens is 6. The Bertz CT molecular complexity index is 1970. The highest BCUT2D eigenvalue weighted by molar-refractivity contribution is 5.95. The number of aryl methyl sites for hydroxylation is 1. The number of H-pyrrole nitrogens is 1. The molecule has 12 nitrogen and oxygen atoms in total. The van der Waals surface area contributed by atoms with Gasteiger partial charge in [0.25, 0.3) is 5.56 Å². The summed E-state index contributed by atoms with van der Waals surface area (Å²) in [4.78, 5) is 43.2. The molecule has 3 heterocycles. The lowest BCUT2D eigenvalue weighted by molar-refractivity contribution is 0.0983. The maximum atomic E-state index is 15.2. The number of pyridine rings is 1. The molecule has 1 atom stereocenters. The van der Waals surface area contributed by atoms with Crippen molar-refractivity contribution >= 4 is 22.6 Å². The van der Waals surface area contributed by atoms with E-state index in [0.717, 1.165) is 22.9 Å². The molecule has 0 aliphatic heterocycles. The fraction of sp³-hybridized carbons (Fsp3) is 0.214. The zero-order valence-corrected chi connectivity index (χ0v) is 22.8. The smallest absolute Gasteiger partial charge is 0.352 e. The van der Waals surface area contributed by atoms with Crippen molar-refractivity contribution < 1.29 is 27.8 Å². The van der Waals surface area contributed by atoms with E-state index in [9.17, 15) is 28.3 Å². The first kappa shape index (κ1) is 29.2. The lowest BCUT2D eigenvalue weighted by Gasteiger charge is -2.13. The van der Waals surface area contributed by atoms with E-state index in [4.69, 9.17) is 4.74 Å². The number of rotatable bonds is 10. The van der Waals surface area contributed by atoms with Gasteiger partial charge in [0.05, 0.1) is 12.3 Å². The molecule has 15 heteroatoms. The van der Waals surface area contributed by atoms with Crippen molar-refractivity contribution in [3.05, 3.63) is 98.2 Å². The Hall–Kier alpha value is -5.31. The lowest BCUT2D eigenvalue weighted by atomic mass is 10.1. The average Bonchev–Trinajstić information content (AvgIpc) is 3.39. The number of nitrogens with zero attached hydrogens (tertiary/aromatic N) is 5. The molecule has 0 amide bonds. The number of ketones is 1. The van der Waals surface area contributed by atoms with E-state index < -0.39 is 46.6 Å². The van der Waals surface area contributed by atoms with E-state index in [1.807, 2.05) is 0 Å². The van der Waals surface area contributed by atoms with Crippen molar-refractivity contribution in [2.75, 3.05) is 11.9 Å². The summed E-state index contributed by atoms with van der Waals surface area (Å²) in [6.07, 6.45) is 0.976. The highest BCUT2D eigenvalue weighted by Crippen LogP contribution is 2.34. The van der Waals surface area contributed by atoms with Crippen LogP contribution in [0.1, 0.15) is 29.9 Å². The number of aliphatic hydroxyl groups is 1. The second-order valence-electron chi connectivity index (χ2n) is 9.49. The second-order valence-corrected chi connectivity index (χ2v) is 9.49. The van der Waals surface area contributed by atoms with Gasteiger partial charge in [-0.1, -0.05) is 6.07 Å². The fourth-order valence-electron chi connectivity index (χ4n) is 4.26. The van der Waals surface area contributed by atoms with Crippen molar-refractivity contribution in [1.29, 1.82) is 0 Å². The molecule has 5 aromatic rings. The van der Waals surface area contributed by atoms with Crippen LogP contribution in [-0.2, 0) is 13.0 Å². The van der Waals surface area contributed by atoms with Gasteiger partial charge < -0.3 is 15.2 Å². The SMILES string of the molecule is CCn1nc(C(=O)Cc2ccc(Oc3ccnc4[nH]nc(N[C@@H](C)CO)c34)c(F)c2)c(=O)n(-c2ccc(F)c(F)c2)c1=O. The molecule has 0 aliphatic carbocycles. The van der Waals surface area contributed by atoms with Gasteiger partial charge in [0.15, 0.2) is 46.1 Å². The normalized spacial score (nSPS) is 12.0. The Labute approximate surface area is 240 Å². The van der Waals surface area contributed by atoms with Crippen molar-refractivity contribution in [2.45, 2.75) is 32.9 Å². The first-order valence-corrected chi connectivity index (χ1v) is 13.0. The molecule has 0 aliphatic rings. The Morgan fingerprint density at radius 3 is 2.56 bits per heavy atom. The summed E-state index contributed by atoms with van der Waals surface area (Å²) in [6, 6.07) is 7.38. The van der Waals surface area contributed by atoms with Gasteiger partial charge in [0.2, 0.25) is 0 Å². The summed E-state index contributed by atoms with van der Waals surface area (Å²) in [5.74, 6) is -3.73. The maximum absolute atomic E-state index is 15.2. The number of ether oxygens (including phenoxy) is 1. The van der Waals surface area contributed by atoms with Crippen molar-refractivity contribution in [1.82, 2.24) is 29.5 Å². The van der Waals surface area contributed by atoms with E-state index in [-0.39, 0.29) is 41.9 Å². The number of anilines is 1. The summed E-state index contributed by atoms with van der Waals surface area (Å²) in [5.41, 5.74) is -2.47. The number of benzene rings is 2. The van der Waals surface area contributed by atoms with Crippen molar-refractivity contribution in [2.24, 2.45) is 0 Å². The van der Waals surface area contributed by atoms with Crippen molar-refractivity contribution in [3.8, 4) is 17.2 Å². The molecule has 0 saturated carbocycles. The third kappa shape index (κ3) is 5.74. The van der Waals surface area contributed by atoms with Gasteiger partial charge in [-0.2, -0.15) is 10.2 Å². The summed E-state index contributed by atoms with van der Waals surface area (Å²) in [5, 5.41) is 23.5. The Morgan fingerprint density at radius 1 is 1.07 bits per heavy atom. The molecule has 5 rings (SSSR count). The minimum atomic E-state index is -1.29. The molecule has 0 unspecified atom stereocenters. The molecule has 43 heavy (non-hydrogen) atoms. The predicted octanol–water partition coefficient (Wildman–Crippen LogP) is 3.11. The number of carbonyl (C=O) groups is 1. The molecule has 3 N–H and O–H groups in total. The number of aromatic amines is 1. The van der Waals surface area contributed by atoms with Crippen LogP contribution in [0.4, 0.5) is 19.0 Å². The van der Waals surface area contributed by atoms with Crippen LogP contribution < -0.4 is 21.3 Å². The Balaban J connectivity index is 1.43. The standard InChI is InChI=1S/C28H24F3N7O5/c1-3-37-28(42)38(16-5-6-17(29)18(30)12-16)27(41)24(36-37)20(40)11-15-4-7-21(19(31)10-15)43-22-8-9-32-25-23(22)26(35-34-25)33-14(2)13-39/h4-10,12,14,39H,3,11,13H2,1-2H3,(H2,32,33,34,35)/t14-/m0/s1. The third-order valence-electron chi connectivity index (χ3n) is 6.42. The molecule has 222 valence electrons. The monoisotopic (exact) mass is 595 g/mol. The number of carbonyl (C=O) groups excluding carboxylic acids is 1. The van der Waals surface area contributed by atoms with Gasteiger partial charge >= 0.3 is 5.69 Å². The van der Waals surface area contributed by atoms with Crippen LogP contribution in [0.15, 0.2) is 58.3 Å². The number of hydrogen-bond donors (Lipinski definition) is 3. The fourth-order valence-corrected chi connectivity index (χ4v) is 4.26. The van der Waals surface area contributed by atoms with Crippen LogP contribution in [-0.4, -0.2) is 53.1 Å². The quantitative estimate of drug-likeness (QED) is 0.206. The molecule has 0 bridgehead atoms. The molecule has 3 aromatic heterocycles. The molecule has 2 aromatic carbocycles. The van der Waals surface area contributed by atoms with Gasteiger partial charge in [-0.25, -0.2) is 32.2 Å². The van der Waals surface area contributed by atoms with Gasteiger partial charge in [0, 0.05) is 37.3 Å². The number of aliphatic hydroxyl groups excluding tert-OH is 1.